The molecule has 0 aliphatic carbocycles. The fourth-order valence-electron chi connectivity index (χ4n) is 3.90. The maximum Gasteiger partial charge on any atom is 0.280 e. The largest absolute Gasteiger partial charge is 0.457 e. The summed E-state index contributed by atoms with van der Waals surface area (Å²) >= 11 is 0. The van der Waals surface area contributed by atoms with Gasteiger partial charge in [0.15, 0.2) is 0 Å². The zero-order valence-corrected chi connectivity index (χ0v) is 19.4. The zero-order valence-electron chi connectivity index (χ0n) is 19.4. The number of amides is 1. The quantitative estimate of drug-likeness (QED) is 0.257. The summed E-state index contributed by atoms with van der Waals surface area (Å²) in [6.45, 7) is 3.75. The summed E-state index contributed by atoms with van der Waals surface area (Å²) in [5, 5.41) is 22.2. The molecule has 1 heterocycles. The van der Waals surface area contributed by atoms with Crippen LogP contribution in [0.25, 0.3) is 6.08 Å². The molecule has 1 amide bonds. The highest BCUT2D eigenvalue weighted by Crippen LogP contribution is 2.31. The van der Waals surface area contributed by atoms with E-state index in [0.717, 1.165) is 37.8 Å². The minimum Gasteiger partial charge on any atom is -0.457 e. The average Bonchev–Trinajstić information content (AvgIpc) is 2.88. The van der Waals surface area contributed by atoms with Crippen molar-refractivity contribution < 1.29 is 19.4 Å². The summed E-state index contributed by atoms with van der Waals surface area (Å²) < 4.78 is 5.64. The molecule has 10 nitrogen and oxygen atoms in total. The first-order valence-corrected chi connectivity index (χ1v) is 11.3. The lowest BCUT2D eigenvalue weighted by atomic mass is 10.2. The van der Waals surface area contributed by atoms with Crippen LogP contribution in [0, 0.1) is 20.2 Å². The topological polar surface area (TPSA) is 119 Å². The molecule has 0 spiro atoms. The summed E-state index contributed by atoms with van der Waals surface area (Å²) in [7, 11) is 0. The van der Waals surface area contributed by atoms with Crippen molar-refractivity contribution in [3.63, 3.8) is 0 Å². The van der Waals surface area contributed by atoms with E-state index < -0.39 is 21.2 Å². The monoisotopic (exact) mass is 488 g/mol. The van der Waals surface area contributed by atoms with Crippen molar-refractivity contribution in [2.45, 2.75) is 6.54 Å². The van der Waals surface area contributed by atoms with Crippen LogP contribution >= 0.6 is 0 Å². The Morgan fingerprint density at radius 1 is 0.833 bits per heavy atom. The van der Waals surface area contributed by atoms with Crippen molar-refractivity contribution in [2.24, 2.45) is 0 Å². The number of piperazine rings is 1. The molecule has 3 aromatic rings. The van der Waals surface area contributed by atoms with E-state index in [2.05, 4.69) is 17.0 Å². The molecule has 0 atom stereocenters. The summed E-state index contributed by atoms with van der Waals surface area (Å²) in [5.74, 6) is 0.213. The van der Waals surface area contributed by atoms with Crippen molar-refractivity contribution in [2.75, 3.05) is 26.2 Å². The van der Waals surface area contributed by atoms with E-state index in [-0.39, 0.29) is 11.7 Å². The Balaban J connectivity index is 1.36. The number of carbonyl (C=O) groups excluding carboxylic acids is 1. The average molecular weight is 489 g/mol. The van der Waals surface area contributed by atoms with Gasteiger partial charge in [-0.15, -0.1) is 0 Å². The second-order valence-electron chi connectivity index (χ2n) is 8.29. The maximum absolute atomic E-state index is 12.7. The van der Waals surface area contributed by atoms with Gasteiger partial charge in [0, 0.05) is 38.8 Å². The van der Waals surface area contributed by atoms with Gasteiger partial charge >= 0.3 is 0 Å². The van der Waals surface area contributed by atoms with Gasteiger partial charge in [0.05, 0.1) is 28.0 Å². The van der Waals surface area contributed by atoms with Gasteiger partial charge in [0.2, 0.25) is 5.91 Å². The molecule has 1 saturated heterocycles. The number of ether oxygens (including phenoxy) is 1. The fourth-order valence-corrected chi connectivity index (χ4v) is 3.90. The molecule has 10 heteroatoms. The third kappa shape index (κ3) is 6.51. The standard InChI is InChI=1S/C26H24N4O6/c31-26(28-13-11-27(12-14-28)19-21-5-2-1-3-6-21)10-9-20-7-4-8-24(15-20)36-25-17-22(29(32)33)16-23(18-25)30(34)35/h1-10,15-18H,11-14,19H2/b10-9+. The first-order valence-electron chi connectivity index (χ1n) is 11.3. The predicted molar refractivity (Wildman–Crippen MR) is 134 cm³/mol. The van der Waals surface area contributed by atoms with Crippen molar-refractivity contribution in [3.05, 3.63) is 110 Å². The Morgan fingerprint density at radius 3 is 2.14 bits per heavy atom. The number of benzene rings is 3. The molecular weight excluding hydrogens is 464 g/mol. The van der Waals surface area contributed by atoms with Crippen molar-refractivity contribution in [3.8, 4) is 11.5 Å². The lowest BCUT2D eigenvalue weighted by Gasteiger charge is -2.34. The van der Waals surface area contributed by atoms with E-state index in [0.29, 0.717) is 24.4 Å². The second kappa shape index (κ2) is 11.2. The van der Waals surface area contributed by atoms with Crippen LogP contribution in [0.2, 0.25) is 0 Å². The van der Waals surface area contributed by atoms with Crippen molar-refractivity contribution in [1.29, 1.82) is 0 Å². The van der Waals surface area contributed by atoms with E-state index in [1.165, 1.54) is 11.6 Å². The zero-order chi connectivity index (χ0) is 25.5. The van der Waals surface area contributed by atoms with E-state index in [4.69, 9.17) is 4.74 Å². The third-order valence-electron chi connectivity index (χ3n) is 5.74. The highest BCUT2D eigenvalue weighted by Gasteiger charge is 2.20. The summed E-state index contributed by atoms with van der Waals surface area (Å²) in [6.07, 6.45) is 3.17. The molecule has 0 radical (unpaired) electrons. The van der Waals surface area contributed by atoms with Crippen LogP contribution in [0.5, 0.6) is 11.5 Å². The molecule has 0 unspecified atom stereocenters. The van der Waals surface area contributed by atoms with Gasteiger partial charge in [-0.1, -0.05) is 42.5 Å². The van der Waals surface area contributed by atoms with E-state index in [1.807, 2.05) is 18.2 Å². The van der Waals surface area contributed by atoms with Crippen molar-refractivity contribution >= 4 is 23.4 Å². The molecule has 0 saturated carbocycles. The molecule has 36 heavy (non-hydrogen) atoms. The van der Waals surface area contributed by atoms with Crippen LogP contribution in [0.3, 0.4) is 0 Å². The summed E-state index contributed by atoms with van der Waals surface area (Å²) in [6, 6.07) is 20.1. The fraction of sp³-hybridized carbons (Fsp3) is 0.192. The van der Waals surface area contributed by atoms with Gasteiger partial charge in [0.25, 0.3) is 11.4 Å². The van der Waals surface area contributed by atoms with Crippen molar-refractivity contribution in [1.82, 2.24) is 9.80 Å². The van der Waals surface area contributed by atoms with Gasteiger partial charge in [-0.3, -0.25) is 29.9 Å². The molecule has 1 aliphatic rings. The Morgan fingerprint density at radius 2 is 1.50 bits per heavy atom. The molecule has 0 bridgehead atoms. The summed E-state index contributed by atoms with van der Waals surface area (Å²) in [5.41, 5.74) is 1.05. The van der Waals surface area contributed by atoms with Crippen LogP contribution in [0.4, 0.5) is 11.4 Å². The van der Waals surface area contributed by atoms with E-state index in [1.54, 1.807) is 35.2 Å². The van der Waals surface area contributed by atoms with Crippen LogP contribution in [-0.2, 0) is 11.3 Å². The molecule has 0 aromatic heterocycles. The number of nitrogens with zero attached hydrogens (tertiary/aromatic N) is 4. The van der Waals surface area contributed by atoms with E-state index >= 15 is 0 Å². The molecule has 1 aliphatic heterocycles. The van der Waals surface area contributed by atoms with Crippen LogP contribution in [0.1, 0.15) is 11.1 Å². The number of rotatable bonds is 8. The van der Waals surface area contributed by atoms with Gasteiger partial charge in [0.1, 0.15) is 11.5 Å². The number of nitro benzene ring substituents is 2. The number of non-ortho nitro benzene ring substituents is 2. The number of nitro groups is 2. The normalized spacial score (nSPS) is 14.1. The van der Waals surface area contributed by atoms with E-state index in [9.17, 15) is 25.0 Å². The van der Waals surface area contributed by atoms with Crippen LogP contribution in [0.15, 0.2) is 78.9 Å². The molecule has 4 rings (SSSR count). The number of carbonyl (C=O) groups is 1. The first kappa shape index (κ1) is 24.6. The van der Waals surface area contributed by atoms with Gasteiger partial charge in [-0.05, 0) is 29.3 Å². The molecular formula is C26H24N4O6. The SMILES string of the molecule is O=C(/C=C/c1cccc(Oc2cc([N+](=O)[O-])cc([N+](=O)[O-])c2)c1)N1CCN(Cc2ccccc2)CC1. The highest BCUT2D eigenvalue weighted by molar-refractivity contribution is 5.91. The number of hydrogen-bond acceptors (Lipinski definition) is 7. The van der Waals surface area contributed by atoms with Gasteiger partial charge in [-0.25, -0.2) is 0 Å². The lowest BCUT2D eigenvalue weighted by Crippen LogP contribution is -2.47. The molecule has 3 aromatic carbocycles. The molecule has 0 N–H and O–H groups in total. The van der Waals surface area contributed by atoms with Gasteiger partial charge < -0.3 is 9.64 Å². The molecule has 184 valence electrons. The second-order valence-corrected chi connectivity index (χ2v) is 8.29. The third-order valence-corrected chi connectivity index (χ3v) is 5.74. The van der Waals surface area contributed by atoms with Gasteiger partial charge in [-0.2, -0.15) is 0 Å². The Hall–Kier alpha value is -4.57. The van der Waals surface area contributed by atoms with Crippen LogP contribution < -0.4 is 4.74 Å². The first-order chi connectivity index (χ1) is 17.4. The minimum atomic E-state index is -0.716. The maximum atomic E-state index is 12.7. The Kier molecular flexibility index (Phi) is 7.66. The Labute approximate surface area is 207 Å². The highest BCUT2D eigenvalue weighted by atomic mass is 16.6. The smallest absolute Gasteiger partial charge is 0.280 e. The Bertz CT molecular complexity index is 1250. The van der Waals surface area contributed by atoms with Crippen LogP contribution in [-0.4, -0.2) is 51.7 Å². The summed E-state index contributed by atoms with van der Waals surface area (Å²) in [4.78, 5) is 37.6. The minimum absolute atomic E-state index is 0.0264. The number of hydrogen-bond donors (Lipinski definition) is 0. The molecule has 1 fully saturated rings. The predicted octanol–water partition coefficient (Wildman–Crippen LogP) is 4.65. The lowest BCUT2D eigenvalue weighted by molar-refractivity contribution is -0.394.